The number of carbonyl (C=O) groups excluding carboxylic acids is 2. The maximum atomic E-state index is 12.8. The molecule has 4 rings (SSSR count). The highest BCUT2D eigenvalue weighted by molar-refractivity contribution is 7.10. The van der Waals surface area contributed by atoms with Crippen LogP contribution in [0.4, 0.5) is 5.69 Å². The molecule has 0 bridgehead atoms. The van der Waals surface area contributed by atoms with Gasteiger partial charge in [0, 0.05) is 38.2 Å². The van der Waals surface area contributed by atoms with Crippen LogP contribution < -0.4 is 5.32 Å². The van der Waals surface area contributed by atoms with E-state index in [0.717, 1.165) is 15.8 Å². The van der Waals surface area contributed by atoms with E-state index in [2.05, 4.69) is 5.32 Å². The van der Waals surface area contributed by atoms with Crippen LogP contribution in [-0.4, -0.2) is 11.7 Å². The Balaban J connectivity index is 1.59. The van der Waals surface area contributed by atoms with Crippen molar-refractivity contribution in [3.63, 3.8) is 0 Å². The van der Waals surface area contributed by atoms with Crippen molar-refractivity contribution in [2.24, 2.45) is 0 Å². The molecule has 2 heterocycles. The van der Waals surface area contributed by atoms with Crippen molar-refractivity contribution >= 4 is 51.3 Å². The van der Waals surface area contributed by atoms with Gasteiger partial charge in [-0.2, -0.15) is 0 Å². The molecule has 0 fully saturated rings. The Morgan fingerprint density at radius 2 is 1.89 bits per heavy atom. The summed E-state index contributed by atoms with van der Waals surface area (Å²) in [6.07, 6.45) is 0.327. The number of amides is 1. The molecule has 0 saturated carbocycles. The molecule has 1 amide bonds. The molecule has 2 aromatic heterocycles. The molecule has 0 saturated heterocycles. The average molecular weight is 410 g/mol. The second-order valence-corrected chi connectivity index (χ2v) is 7.88. The summed E-state index contributed by atoms with van der Waals surface area (Å²) in [5.41, 5.74) is 2.47. The molecule has 0 aliphatic rings. The minimum Gasteiger partial charge on any atom is -0.452 e. The smallest absolute Gasteiger partial charge is 0.229 e. The van der Waals surface area contributed by atoms with Crippen molar-refractivity contribution in [1.82, 2.24) is 0 Å². The van der Waals surface area contributed by atoms with Crippen molar-refractivity contribution in [2.75, 3.05) is 5.32 Å². The van der Waals surface area contributed by atoms with Crippen LogP contribution in [0.5, 0.6) is 0 Å². The van der Waals surface area contributed by atoms with Crippen LogP contribution in [0, 0.1) is 6.92 Å². The number of ketones is 1. The molecule has 0 radical (unpaired) electrons. The van der Waals surface area contributed by atoms with E-state index in [1.165, 1.54) is 0 Å². The number of benzene rings is 2. The summed E-state index contributed by atoms with van der Waals surface area (Å²) in [6.45, 7) is 1.85. The predicted octanol–water partition coefficient (Wildman–Crippen LogP) is 5.87. The Morgan fingerprint density at radius 3 is 2.61 bits per heavy atom. The van der Waals surface area contributed by atoms with Gasteiger partial charge in [0.25, 0.3) is 0 Å². The van der Waals surface area contributed by atoms with Crippen molar-refractivity contribution in [1.29, 1.82) is 0 Å². The van der Waals surface area contributed by atoms with Gasteiger partial charge in [0.05, 0.1) is 6.42 Å². The average Bonchev–Trinajstić information content (AvgIpc) is 3.29. The van der Waals surface area contributed by atoms with Gasteiger partial charge in [0.15, 0.2) is 5.76 Å². The number of aryl methyl sites for hydroxylation is 1. The fourth-order valence-electron chi connectivity index (χ4n) is 3.03. The summed E-state index contributed by atoms with van der Waals surface area (Å²) in [6, 6.07) is 16.0. The molecule has 0 unspecified atom stereocenters. The number of furan rings is 1. The third-order valence-corrected chi connectivity index (χ3v) is 5.58. The van der Waals surface area contributed by atoms with Gasteiger partial charge in [0.2, 0.25) is 11.7 Å². The summed E-state index contributed by atoms with van der Waals surface area (Å²) in [5.74, 6) is -0.00410. The monoisotopic (exact) mass is 409 g/mol. The summed E-state index contributed by atoms with van der Waals surface area (Å²) >= 11 is 7.44. The molecule has 140 valence electrons. The van der Waals surface area contributed by atoms with Gasteiger partial charge in [0.1, 0.15) is 5.58 Å². The molecule has 1 N–H and O–H groups in total. The quantitative estimate of drug-likeness (QED) is 0.419. The van der Waals surface area contributed by atoms with E-state index in [1.807, 2.05) is 36.6 Å². The number of anilines is 1. The maximum Gasteiger partial charge on any atom is 0.229 e. The zero-order valence-corrected chi connectivity index (χ0v) is 16.6. The molecule has 4 nitrogen and oxygen atoms in total. The number of nitrogens with one attached hydrogen (secondary N) is 1. The van der Waals surface area contributed by atoms with Gasteiger partial charge in [-0.05, 0) is 54.8 Å². The van der Waals surface area contributed by atoms with E-state index in [0.29, 0.717) is 34.0 Å². The lowest BCUT2D eigenvalue weighted by Crippen LogP contribution is -2.13. The fraction of sp³-hybridized carbons (Fsp3) is 0.0909. The third kappa shape index (κ3) is 3.72. The fourth-order valence-corrected chi connectivity index (χ4v) is 3.86. The first-order valence-corrected chi connectivity index (χ1v) is 9.92. The summed E-state index contributed by atoms with van der Waals surface area (Å²) < 4.78 is 5.84. The number of thiophene rings is 1. The zero-order chi connectivity index (χ0) is 19.7. The van der Waals surface area contributed by atoms with Crippen LogP contribution in [0.3, 0.4) is 0 Å². The van der Waals surface area contributed by atoms with E-state index in [1.54, 1.807) is 41.7 Å². The number of halogens is 1. The molecule has 6 heteroatoms. The number of rotatable bonds is 5. The van der Waals surface area contributed by atoms with Gasteiger partial charge in [-0.25, -0.2) is 0 Å². The number of fused-ring (bicyclic) bond motifs is 1. The van der Waals surface area contributed by atoms with E-state index in [-0.39, 0.29) is 11.7 Å². The molecule has 2 aromatic carbocycles. The topological polar surface area (TPSA) is 59.3 Å². The summed E-state index contributed by atoms with van der Waals surface area (Å²) in [7, 11) is 0. The molecule has 0 spiro atoms. The van der Waals surface area contributed by atoms with Gasteiger partial charge >= 0.3 is 0 Å². The van der Waals surface area contributed by atoms with Gasteiger partial charge < -0.3 is 9.73 Å². The highest BCUT2D eigenvalue weighted by Crippen LogP contribution is 2.29. The molecular weight excluding hydrogens is 394 g/mol. The van der Waals surface area contributed by atoms with E-state index < -0.39 is 0 Å². The van der Waals surface area contributed by atoms with Crippen molar-refractivity contribution < 1.29 is 14.0 Å². The van der Waals surface area contributed by atoms with Gasteiger partial charge in [-0.3, -0.25) is 9.59 Å². The lowest BCUT2D eigenvalue weighted by Gasteiger charge is -2.04. The van der Waals surface area contributed by atoms with Crippen LogP contribution in [0.15, 0.2) is 64.4 Å². The van der Waals surface area contributed by atoms with E-state index >= 15 is 0 Å². The Kier molecular flexibility index (Phi) is 5.03. The second-order valence-electron chi connectivity index (χ2n) is 6.41. The van der Waals surface area contributed by atoms with Crippen molar-refractivity contribution in [3.8, 4) is 0 Å². The largest absolute Gasteiger partial charge is 0.452 e. The molecule has 0 aliphatic carbocycles. The minimum atomic E-state index is -0.200. The van der Waals surface area contributed by atoms with Crippen LogP contribution >= 0.6 is 22.9 Å². The molecule has 0 atom stereocenters. The molecule has 4 aromatic rings. The van der Waals surface area contributed by atoms with E-state index in [4.69, 9.17) is 16.0 Å². The SMILES string of the molecule is Cc1c(C(=O)c2ccc(Cl)cc2)oc2cc(NC(=O)Cc3cccs3)ccc12. The van der Waals surface area contributed by atoms with Gasteiger partial charge in [-0.15, -0.1) is 11.3 Å². The highest BCUT2D eigenvalue weighted by atomic mass is 35.5. The Bertz CT molecular complexity index is 1160. The predicted molar refractivity (Wildman–Crippen MR) is 112 cm³/mol. The van der Waals surface area contributed by atoms with Crippen molar-refractivity contribution in [2.45, 2.75) is 13.3 Å². The lowest BCUT2D eigenvalue weighted by atomic mass is 10.0. The number of hydrogen-bond donors (Lipinski definition) is 1. The van der Waals surface area contributed by atoms with Crippen molar-refractivity contribution in [3.05, 3.63) is 86.8 Å². The standard InChI is InChI=1S/C22H16ClNO3S/c1-13-18-9-8-16(24-20(25)12-17-3-2-10-28-17)11-19(18)27-22(13)21(26)14-4-6-15(23)7-5-14/h2-11H,12H2,1H3,(H,24,25). The highest BCUT2D eigenvalue weighted by Gasteiger charge is 2.19. The lowest BCUT2D eigenvalue weighted by molar-refractivity contribution is -0.115. The first-order chi connectivity index (χ1) is 13.5. The minimum absolute atomic E-state index is 0.0949. The van der Waals surface area contributed by atoms with Crippen LogP contribution in [-0.2, 0) is 11.2 Å². The van der Waals surface area contributed by atoms with Crippen LogP contribution in [0.1, 0.15) is 26.6 Å². The summed E-state index contributed by atoms with van der Waals surface area (Å²) in [4.78, 5) is 26.0. The Hall–Kier alpha value is -2.89. The first kappa shape index (κ1) is 18.5. The number of hydrogen-bond acceptors (Lipinski definition) is 4. The second kappa shape index (κ2) is 7.62. The molecule has 28 heavy (non-hydrogen) atoms. The van der Waals surface area contributed by atoms with Gasteiger partial charge in [-0.1, -0.05) is 17.7 Å². The maximum absolute atomic E-state index is 12.8. The van der Waals surface area contributed by atoms with Crippen LogP contribution in [0.25, 0.3) is 11.0 Å². The van der Waals surface area contributed by atoms with E-state index in [9.17, 15) is 9.59 Å². The number of carbonyl (C=O) groups is 2. The summed E-state index contributed by atoms with van der Waals surface area (Å²) in [5, 5.41) is 6.23. The van der Waals surface area contributed by atoms with Crippen LogP contribution in [0.2, 0.25) is 5.02 Å². The molecular formula is C22H16ClNO3S. The molecule has 0 aliphatic heterocycles. The Morgan fingerprint density at radius 1 is 1.11 bits per heavy atom. The first-order valence-electron chi connectivity index (χ1n) is 8.67. The third-order valence-electron chi connectivity index (χ3n) is 4.45. The Labute approximate surface area is 170 Å². The normalized spacial score (nSPS) is 10.9. The zero-order valence-electron chi connectivity index (χ0n) is 15.0.